The number of unbranched alkanes of at least 4 members (excludes halogenated alkanes) is 4. The fourth-order valence-corrected chi connectivity index (χ4v) is 13.6. The lowest BCUT2D eigenvalue weighted by Gasteiger charge is -2.72. The second-order valence-electron chi connectivity index (χ2n) is 19.0. The van der Waals surface area contributed by atoms with E-state index in [1.54, 1.807) is 0 Å². The number of aliphatic hydroxyl groups is 2. The minimum Gasteiger partial charge on any atom is -0.481 e. The summed E-state index contributed by atoms with van der Waals surface area (Å²) in [6, 6.07) is 0. The van der Waals surface area contributed by atoms with Crippen LogP contribution in [0.25, 0.3) is 0 Å². The summed E-state index contributed by atoms with van der Waals surface area (Å²) in [5.74, 6) is -0.212. The largest absolute Gasteiger partial charge is 0.481 e. The summed E-state index contributed by atoms with van der Waals surface area (Å²) >= 11 is 0. The van der Waals surface area contributed by atoms with Crippen LogP contribution in [0, 0.1) is 56.7 Å². The first-order valence-corrected chi connectivity index (χ1v) is 20.2. The number of carboxylic acids is 1. The lowest BCUT2D eigenvalue weighted by molar-refractivity contribution is -0.247. The van der Waals surface area contributed by atoms with Crippen molar-refractivity contribution in [2.24, 2.45) is 62.4 Å². The van der Waals surface area contributed by atoms with Crippen molar-refractivity contribution in [3.05, 3.63) is 12.2 Å². The average Bonchev–Trinajstić information content (AvgIpc) is 3.46. The second kappa shape index (κ2) is 14.6. The van der Waals surface area contributed by atoms with E-state index in [2.05, 4.69) is 48.1 Å². The van der Waals surface area contributed by atoms with E-state index in [-0.39, 0.29) is 64.9 Å². The van der Waals surface area contributed by atoms with Crippen LogP contribution in [0.3, 0.4) is 0 Å². The van der Waals surface area contributed by atoms with Gasteiger partial charge in [-0.1, -0.05) is 66.0 Å². The molecule has 284 valence electrons. The van der Waals surface area contributed by atoms with E-state index >= 15 is 4.79 Å². The number of aliphatic hydroxyl groups excluding tert-OH is 2. The van der Waals surface area contributed by atoms with Crippen molar-refractivity contribution < 1.29 is 29.7 Å². The van der Waals surface area contributed by atoms with Crippen molar-refractivity contribution in [1.29, 1.82) is 0 Å². The number of fused-ring (bicyclic) bond motifs is 7. The normalized spacial score (nSPS) is 40.8. The van der Waals surface area contributed by atoms with E-state index < -0.39 is 23.4 Å². The Balaban J connectivity index is 1.48. The summed E-state index contributed by atoms with van der Waals surface area (Å²) in [6.45, 7) is 19.7. The molecule has 0 spiro atoms. The Morgan fingerprint density at radius 2 is 1.52 bits per heavy atom. The Hall–Kier alpha value is -1.77. The van der Waals surface area contributed by atoms with Crippen LogP contribution in [0.4, 0.5) is 0 Å². The lowest BCUT2D eigenvalue weighted by Crippen LogP contribution is -2.67. The standard InChI is InChI=1S/C42H70N2O6/c1-27(2)28-17-22-42(37(50)44(26-12-10-8-9-11-25-43)36(49)30(45)14-16-34(47)48)24-23-40(6)29(35(28)42)13-15-32-39(5)20-19-33(46)38(3,4)31(39)18-21-41(32,40)7/h28-33,35,45-46H,1,8-26,43H2,2-7H3,(H,47,48)/t28-,29+,30+,31-,32?,33-,35+,39-,40+,41+,42-/m0/s1. The highest BCUT2D eigenvalue weighted by atomic mass is 16.4. The minimum absolute atomic E-state index is 0.0232. The monoisotopic (exact) mass is 699 g/mol. The molecule has 5 rings (SSSR count). The first-order valence-electron chi connectivity index (χ1n) is 20.2. The average molecular weight is 699 g/mol. The molecule has 0 heterocycles. The van der Waals surface area contributed by atoms with E-state index in [4.69, 9.17) is 5.73 Å². The summed E-state index contributed by atoms with van der Waals surface area (Å²) in [5.41, 5.74) is 6.30. The number of hydrogen-bond acceptors (Lipinski definition) is 6. The van der Waals surface area contributed by atoms with Gasteiger partial charge >= 0.3 is 5.97 Å². The zero-order valence-electron chi connectivity index (χ0n) is 32.3. The van der Waals surface area contributed by atoms with E-state index in [0.717, 1.165) is 95.5 Å². The highest BCUT2D eigenvalue weighted by Crippen LogP contribution is 2.77. The molecule has 50 heavy (non-hydrogen) atoms. The predicted octanol–water partition coefficient (Wildman–Crippen LogP) is 7.50. The van der Waals surface area contributed by atoms with Crippen LogP contribution in [0.5, 0.6) is 0 Å². The van der Waals surface area contributed by atoms with Crippen LogP contribution in [-0.4, -0.2) is 63.3 Å². The number of nitrogens with zero attached hydrogens (tertiary/aromatic N) is 1. The molecule has 0 aromatic carbocycles. The van der Waals surface area contributed by atoms with E-state index in [9.17, 15) is 24.9 Å². The maximum atomic E-state index is 15.2. The number of carbonyl (C=O) groups excluding carboxylic acids is 2. The van der Waals surface area contributed by atoms with Gasteiger partial charge in [-0.25, -0.2) is 0 Å². The van der Waals surface area contributed by atoms with Gasteiger partial charge in [0.1, 0.15) is 6.10 Å². The first kappa shape index (κ1) is 39.4. The molecule has 0 bridgehead atoms. The third-order valence-electron chi connectivity index (χ3n) is 16.5. The molecule has 2 amide bonds. The number of carboxylic acid groups (broad SMARTS) is 1. The zero-order chi connectivity index (χ0) is 36.9. The van der Waals surface area contributed by atoms with E-state index in [1.807, 2.05) is 0 Å². The van der Waals surface area contributed by atoms with Crippen LogP contribution in [0.1, 0.15) is 151 Å². The van der Waals surface area contributed by atoms with Gasteiger partial charge in [-0.2, -0.15) is 0 Å². The Morgan fingerprint density at radius 3 is 2.18 bits per heavy atom. The smallest absolute Gasteiger partial charge is 0.303 e. The number of allylic oxidation sites excluding steroid dienone is 1. The molecule has 5 N–H and O–H groups in total. The van der Waals surface area contributed by atoms with Gasteiger partial charge in [0.05, 0.1) is 11.5 Å². The van der Waals surface area contributed by atoms with Crippen LogP contribution in [0.15, 0.2) is 12.2 Å². The van der Waals surface area contributed by atoms with Gasteiger partial charge in [0, 0.05) is 13.0 Å². The fourth-order valence-electron chi connectivity index (χ4n) is 13.6. The summed E-state index contributed by atoms with van der Waals surface area (Å²) in [4.78, 5) is 41.8. The Bertz CT molecular complexity index is 1300. The van der Waals surface area contributed by atoms with E-state index in [1.165, 1.54) is 4.90 Å². The number of hydrogen-bond donors (Lipinski definition) is 4. The van der Waals surface area contributed by atoms with Gasteiger partial charge < -0.3 is 21.1 Å². The highest BCUT2D eigenvalue weighted by molar-refractivity contribution is 6.00. The SMILES string of the molecule is C=C(C)[C@@H]1CC[C@]2(C(=O)N(CCCCCCCN)C(=O)[C@H](O)CCC(=O)O)CC[C@]3(C)[C@H](CCC4[C@@]5(C)CC[C@H](O)C(C)(C)[C@@H]5CC[C@]43C)[C@@H]12. The third-order valence-corrected chi connectivity index (χ3v) is 16.5. The maximum absolute atomic E-state index is 15.2. The molecule has 5 saturated carbocycles. The van der Waals surface area contributed by atoms with Gasteiger partial charge in [0.2, 0.25) is 5.91 Å². The van der Waals surface area contributed by atoms with Crippen LogP contribution in [-0.2, 0) is 14.4 Å². The second-order valence-corrected chi connectivity index (χ2v) is 19.0. The molecule has 0 aliphatic heterocycles. The Morgan fingerprint density at radius 1 is 0.840 bits per heavy atom. The zero-order valence-corrected chi connectivity index (χ0v) is 32.3. The Kier molecular flexibility index (Phi) is 11.5. The molecule has 5 fully saturated rings. The molecule has 0 saturated heterocycles. The number of nitrogens with two attached hydrogens (primary N) is 1. The van der Waals surface area contributed by atoms with E-state index in [0.29, 0.717) is 30.7 Å². The number of aliphatic carboxylic acids is 1. The molecule has 8 heteroatoms. The summed E-state index contributed by atoms with van der Waals surface area (Å²) in [7, 11) is 0. The van der Waals surface area contributed by atoms with Crippen LogP contribution in [0.2, 0.25) is 0 Å². The fraction of sp³-hybridized carbons (Fsp3) is 0.881. The van der Waals surface area contributed by atoms with Crippen molar-refractivity contribution in [3.8, 4) is 0 Å². The minimum atomic E-state index is -1.52. The predicted molar refractivity (Wildman–Crippen MR) is 197 cm³/mol. The number of carbonyl (C=O) groups is 3. The highest BCUT2D eigenvalue weighted by Gasteiger charge is 2.72. The molecule has 5 aliphatic rings. The van der Waals surface area contributed by atoms with Crippen molar-refractivity contribution in [2.75, 3.05) is 13.1 Å². The molecule has 11 atom stereocenters. The van der Waals surface area contributed by atoms with Gasteiger partial charge in [0.15, 0.2) is 0 Å². The summed E-state index contributed by atoms with van der Waals surface area (Å²) in [5, 5.41) is 31.3. The molecular formula is C42H70N2O6. The van der Waals surface area contributed by atoms with Crippen molar-refractivity contribution in [3.63, 3.8) is 0 Å². The molecule has 8 nitrogen and oxygen atoms in total. The molecule has 0 aromatic heterocycles. The van der Waals surface area contributed by atoms with Crippen molar-refractivity contribution in [2.45, 2.75) is 163 Å². The van der Waals surface area contributed by atoms with Gasteiger partial charge in [-0.3, -0.25) is 19.3 Å². The number of imide groups is 1. The van der Waals surface area contributed by atoms with Crippen molar-refractivity contribution in [1.82, 2.24) is 4.90 Å². The van der Waals surface area contributed by atoms with Gasteiger partial charge in [-0.05, 0) is 148 Å². The Labute approximate surface area is 302 Å². The number of amides is 2. The van der Waals surface area contributed by atoms with Gasteiger partial charge in [0.25, 0.3) is 5.91 Å². The van der Waals surface area contributed by atoms with Crippen LogP contribution >= 0.6 is 0 Å². The quantitative estimate of drug-likeness (QED) is 0.115. The molecule has 1 unspecified atom stereocenters. The molecule has 0 radical (unpaired) electrons. The first-order chi connectivity index (χ1) is 23.4. The summed E-state index contributed by atoms with van der Waals surface area (Å²) < 4.78 is 0. The summed E-state index contributed by atoms with van der Waals surface area (Å²) in [6.07, 6.45) is 11.8. The van der Waals surface area contributed by atoms with Crippen molar-refractivity contribution >= 4 is 17.8 Å². The molecular weight excluding hydrogens is 628 g/mol. The van der Waals surface area contributed by atoms with Gasteiger partial charge in [-0.15, -0.1) is 0 Å². The number of rotatable bonds is 13. The third kappa shape index (κ3) is 6.33. The maximum Gasteiger partial charge on any atom is 0.303 e. The molecule has 0 aromatic rings. The molecule has 5 aliphatic carbocycles. The topological polar surface area (TPSA) is 141 Å². The van der Waals surface area contributed by atoms with Crippen LogP contribution < -0.4 is 5.73 Å². The lowest BCUT2D eigenvalue weighted by atomic mass is 9.32.